The Morgan fingerprint density at radius 1 is 0.967 bits per heavy atom. The van der Waals surface area contributed by atoms with E-state index in [2.05, 4.69) is 67.4 Å². The Morgan fingerprint density at radius 3 is 2.30 bits per heavy atom. The molecule has 0 spiro atoms. The predicted molar refractivity (Wildman–Crippen MR) is 120 cm³/mol. The van der Waals surface area contributed by atoms with Crippen LogP contribution in [0, 0.1) is 11.8 Å². The van der Waals surface area contributed by atoms with E-state index in [-0.39, 0.29) is 12.5 Å². The summed E-state index contributed by atoms with van der Waals surface area (Å²) < 4.78 is 5.52. The molecular formula is C27H25NO2. The quantitative estimate of drug-likeness (QED) is 0.576. The number of rotatable bonds is 4. The second-order valence-corrected chi connectivity index (χ2v) is 7.76. The molecule has 1 N–H and O–H groups in total. The Kier molecular flexibility index (Phi) is 5.86. The van der Waals surface area contributed by atoms with Gasteiger partial charge in [0.2, 0.25) is 0 Å². The van der Waals surface area contributed by atoms with E-state index in [9.17, 15) is 4.79 Å². The SMILES string of the molecule is CC(C)c1cccc(C#CCNC(=O)OCC2c3ccccc3-c3ccccc32)c1. The average Bonchev–Trinajstić information content (AvgIpc) is 3.09. The molecule has 1 aliphatic carbocycles. The molecule has 0 saturated heterocycles. The number of hydrogen-bond donors (Lipinski definition) is 1. The first kappa shape index (κ1) is 19.8. The third-order valence-corrected chi connectivity index (χ3v) is 5.45. The molecule has 4 rings (SSSR count). The van der Waals surface area contributed by atoms with Crippen molar-refractivity contribution in [2.24, 2.45) is 0 Å². The lowest BCUT2D eigenvalue weighted by molar-refractivity contribution is 0.144. The second-order valence-electron chi connectivity index (χ2n) is 7.76. The summed E-state index contributed by atoms with van der Waals surface area (Å²) in [5, 5.41) is 2.73. The van der Waals surface area contributed by atoms with Crippen molar-refractivity contribution in [3.05, 3.63) is 95.1 Å². The van der Waals surface area contributed by atoms with Crippen molar-refractivity contribution in [1.29, 1.82) is 0 Å². The van der Waals surface area contributed by atoms with Gasteiger partial charge >= 0.3 is 6.09 Å². The summed E-state index contributed by atoms with van der Waals surface area (Å²) in [6, 6.07) is 24.8. The number of nitrogens with one attached hydrogen (secondary N) is 1. The molecule has 3 aromatic rings. The van der Waals surface area contributed by atoms with Crippen LogP contribution in [0.1, 0.15) is 47.9 Å². The summed E-state index contributed by atoms with van der Waals surface area (Å²) in [5.74, 6) is 6.62. The summed E-state index contributed by atoms with van der Waals surface area (Å²) >= 11 is 0. The van der Waals surface area contributed by atoms with E-state index in [1.165, 1.54) is 27.8 Å². The Balaban J connectivity index is 1.34. The van der Waals surface area contributed by atoms with Gasteiger partial charge in [0, 0.05) is 11.5 Å². The molecule has 1 amide bonds. The lowest BCUT2D eigenvalue weighted by Gasteiger charge is -2.14. The molecule has 1 aliphatic rings. The first-order valence-electron chi connectivity index (χ1n) is 10.3. The minimum absolute atomic E-state index is 0.0630. The van der Waals surface area contributed by atoms with Crippen LogP contribution >= 0.6 is 0 Å². The smallest absolute Gasteiger partial charge is 0.407 e. The van der Waals surface area contributed by atoms with Crippen LogP contribution in [0.2, 0.25) is 0 Å². The van der Waals surface area contributed by atoms with Crippen molar-refractivity contribution in [2.75, 3.05) is 13.2 Å². The lowest BCUT2D eigenvalue weighted by atomic mass is 9.98. The highest BCUT2D eigenvalue weighted by Crippen LogP contribution is 2.44. The third kappa shape index (κ3) is 4.23. The molecule has 3 nitrogen and oxygen atoms in total. The third-order valence-electron chi connectivity index (χ3n) is 5.45. The first-order valence-corrected chi connectivity index (χ1v) is 10.3. The van der Waals surface area contributed by atoms with Gasteiger partial charge in [-0.3, -0.25) is 0 Å². The zero-order valence-electron chi connectivity index (χ0n) is 17.3. The van der Waals surface area contributed by atoms with E-state index in [0.29, 0.717) is 12.5 Å². The molecule has 0 unspecified atom stereocenters. The van der Waals surface area contributed by atoms with Gasteiger partial charge in [-0.25, -0.2) is 4.79 Å². The predicted octanol–water partition coefficient (Wildman–Crippen LogP) is 5.70. The fraction of sp³-hybridized carbons (Fsp3) is 0.222. The number of carbonyl (C=O) groups is 1. The van der Waals surface area contributed by atoms with Crippen molar-refractivity contribution < 1.29 is 9.53 Å². The van der Waals surface area contributed by atoms with Gasteiger partial charge in [-0.15, -0.1) is 0 Å². The molecule has 0 aliphatic heterocycles. The number of carbonyl (C=O) groups excluding carboxylic acids is 1. The summed E-state index contributed by atoms with van der Waals surface area (Å²) in [4.78, 5) is 12.2. The number of hydrogen-bond acceptors (Lipinski definition) is 2. The average molecular weight is 396 g/mol. The molecule has 3 aromatic carbocycles. The van der Waals surface area contributed by atoms with E-state index in [1.807, 2.05) is 36.4 Å². The van der Waals surface area contributed by atoms with E-state index >= 15 is 0 Å². The van der Waals surface area contributed by atoms with Gasteiger partial charge in [-0.05, 0) is 45.9 Å². The Bertz CT molecular complexity index is 1080. The lowest BCUT2D eigenvalue weighted by Crippen LogP contribution is -2.26. The van der Waals surface area contributed by atoms with Gasteiger partial charge in [0.15, 0.2) is 0 Å². The second kappa shape index (κ2) is 8.88. The van der Waals surface area contributed by atoms with E-state index in [0.717, 1.165) is 5.56 Å². The minimum atomic E-state index is -0.443. The molecule has 3 heteroatoms. The van der Waals surface area contributed by atoms with Crippen molar-refractivity contribution in [1.82, 2.24) is 5.32 Å². The van der Waals surface area contributed by atoms with Crippen molar-refractivity contribution in [3.8, 4) is 23.0 Å². The number of ether oxygens (including phenoxy) is 1. The Morgan fingerprint density at radius 2 is 1.63 bits per heavy atom. The summed E-state index contributed by atoms with van der Waals surface area (Å²) in [5.41, 5.74) is 7.06. The fourth-order valence-electron chi connectivity index (χ4n) is 3.89. The van der Waals surface area contributed by atoms with Crippen LogP contribution in [0.25, 0.3) is 11.1 Å². The maximum Gasteiger partial charge on any atom is 0.407 e. The Labute approximate surface area is 178 Å². The highest BCUT2D eigenvalue weighted by atomic mass is 16.5. The molecule has 0 aromatic heterocycles. The van der Waals surface area contributed by atoms with Gasteiger partial charge in [-0.1, -0.05) is 86.4 Å². The topological polar surface area (TPSA) is 38.3 Å². The molecule has 0 bridgehead atoms. The maximum atomic E-state index is 12.2. The number of benzene rings is 3. The van der Waals surface area contributed by atoms with Crippen molar-refractivity contribution >= 4 is 6.09 Å². The summed E-state index contributed by atoms with van der Waals surface area (Å²) in [7, 11) is 0. The largest absolute Gasteiger partial charge is 0.449 e. The van der Waals surface area contributed by atoms with E-state index < -0.39 is 6.09 Å². The van der Waals surface area contributed by atoms with Gasteiger partial charge in [-0.2, -0.15) is 0 Å². The zero-order valence-corrected chi connectivity index (χ0v) is 17.3. The molecular weight excluding hydrogens is 370 g/mol. The molecule has 0 atom stereocenters. The highest BCUT2D eigenvalue weighted by molar-refractivity contribution is 5.79. The highest BCUT2D eigenvalue weighted by Gasteiger charge is 2.28. The van der Waals surface area contributed by atoms with E-state index in [4.69, 9.17) is 4.74 Å². The van der Waals surface area contributed by atoms with Crippen molar-refractivity contribution in [2.45, 2.75) is 25.7 Å². The standard InChI is InChI=1S/C27H25NO2/c1-19(2)21-11-7-9-20(17-21)10-8-16-28-27(29)30-18-26-24-14-5-3-12-22(24)23-13-4-6-15-25(23)26/h3-7,9,11-15,17,19,26H,16,18H2,1-2H3,(H,28,29). The number of amides is 1. The molecule has 30 heavy (non-hydrogen) atoms. The number of alkyl carbamates (subject to hydrolysis) is 1. The van der Waals surface area contributed by atoms with Crippen LogP contribution in [0.3, 0.4) is 0 Å². The van der Waals surface area contributed by atoms with Gasteiger partial charge in [0.25, 0.3) is 0 Å². The maximum absolute atomic E-state index is 12.2. The fourth-order valence-corrected chi connectivity index (χ4v) is 3.89. The molecule has 0 fully saturated rings. The molecule has 0 radical (unpaired) electrons. The number of fused-ring (bicyclic) bond motifs is 3. The van der Waals surface area contributed by atoms with Crippen LogP contribution in [0.15, 0.2) is 72.8 Å². The summed E-state index contributed by atoms with van der Waals surface area (Å²) in [6.45, 7) is 4.88. The first-order chi connectivity index (χ1) is 14.6. The summed E-state index contributed by atoms with van der Waals surface area (Å²) in [6.07, 6.45) is -0.443. The normalized spacial score (nSPS) is 12.0. The van der Waals surface area contributed by atoms with Crippen LogP contribution in [-0.4, -0.2) is 19.2 Å². The van der Waals surface area contributed by atoms with Crippen LogP contribution in [0.5, 0.6) is 0 Å². The molecule has 0 heterocycles. The van der Waals surface area contributed by atoms with Crippen LogP contribution in [-0.2, 0) is 4.74 Å². The van der Waals surface area contributed by atoms with Crippen LogP contribution < -0.4 is 5.32 Å². The van der Waals surface area contributed by atoms with Gasteiger partial charge < -0.3 is 10.1 Å². The molecule has 0 saturated carbocycles. The van der Waals surface area contributed by atoms with E-state index in [1.54, 1.807) is 0 Å². The van der Waals surface area contributed by atoms with Crippen molar-refractivity contribution in [3.63, 3.8) is 0 Å². The van der Waals surface area contributed by atoms with Gasteiger partial charge in [0.05, 0.1) is 6.54 Å². The van der Waals surface area contributed by atoms with Gasteiger partial charge in [0.1, 0.15) is 6.61 Å². The zero-order chi connectivity index (χ0) is 20.9. The Hall–Kier alpha value is -3.51. The molecule has 150 valence electrons. The minimum Gasteiger partial charge on any atom is -0.449 e. The monoisotopic (exact) mass is 395 g/mol. The van der Waals surface area contributed by atoms with Crippen LogP contribution in [0.4, 0.5) is 4.79 Å².